The van der Waals surface area contributed by atoms with Crippen molar-refractivity contribution in [3.8, 4) is 6.07 Å². The molecule has 2 atom stereocenters. The Morgan fingerprint density at radius 2 is 1.95 bits per heavy atom. The predicted molar refractivity (Wildman–Crippen MR) is 83.3 cm³/mol. The van der Waals surface area contributed by atoms with E-state index in [0.29, 0.717) is 6.04 Å². The van der Waals surface area contributed by atoms with Crippen LogP contribution in [0.1, 0.15) is 61.8 Å². The summed E-state index contributed by atoms with van der Waals surface area (Å²) in [6.07, 6.45) is 11.4. The molecule has 2 aliphatic carbocycles. The van der Waals surface area contributed by atoms with Gasteiger partial charge in [0.15, 0.2) is 0 Å². The predicted octanol–water partition coefficient (Wildman–Crippen LogP) is 3.60. The summed E-state index contributed by atoms with van der Waals surface area (Å²) in [6, 6.07) is 5.17. The number of fused-ring (bicyclic) bond motifs is 2. The van der Waals surface area contributed by atoms with Crippen molar-refractivity contribution >= 4 is 5.82 Å². The van der Waals surface area contributed by atoms with Crippen LogP contribution < -0.4 is 4.90 Å². The van der Waals surface area contributed by atoms with Crippen molar-refractivity contribution in [1.29, 1.82) is 5.26 Å². The smallest absolute Gasteiger partial charge is 0.147 e. The number of pyridine rings is 1. The molecule has 1 saturated carbocycles. The van der Waals surface area contributed by atoms with Crippen molar-refractivity contribution in [2.75, 3.05) is 11.4 Å². The molecule has 0 radical (unpaired) electrons. The Hall–Kier alpha value is -1.56. The summed E-state index contributed by atoms with van der Waals surface area (Å²) in [5, 5.41) is 9.56. The average molecular weight is 281 g/mol. The number of piperidine rings is 1. The molecule has 3 nitrogen and oxygen atoms in total. The number of anilines is 1. The van der Waals surface area contributed by atoms with Gasteiger partial charge in [-0.2, -0.15) is 5.26 Å². The van der Waals surface area contributed by atoms with Gasteiger partial charge in [0, 0.05) is 18.3 Å². The van der Waals surface area contributed by atoms with E-state index in [1.807, 2.05) is 0 Å². The van der Waals surface area contributed by atoms with Crippen LogP contribution >= 0.6 is 0 Å². The Morgan fingerprint density at radius 3 is 2.86 bits per heavy atom. The maximum absolute atomic E-state index is 9.56. The highest BCUT2D eigenvalue weighted by molar-refractivity contribution is 5.57. The highest BCUT2D eigenvalue weighted by Gasteiger charge is 2.35. The summed E-state index contributed by atoms with van der Waals surface area (Å²) >= 11 is 0. The van der Waals surface area contributed by atoms with Gasteiger partial charge in [-0.15, -0.1) is 0 Å². The lowest BCUT2D eigenvalue weighted by atomic mass is 9.78. The van der Waals surface area contributed by atoms with Crippen LogP contribution in [0, 0.1) is 17.2 Å². The van der Waals surface area contributed by atoms with E-state index in [-0.39, 0.29) is 0 Å². The van der Waals surface area contributed by atoms with Gasteiger partial charge in [0.2, 0.25) is 0 Å². The van der Waals surface area contributed by atoms with Crippen LogP contribution in [0.5, 0.6) is 0 Å². The van der Waals surface area contributed by atoms with E-state index in [4.69, 9.17) is 4.98 Å². The van der Waals surface area contributed by atoms with Crippen molar-refractivity contribution in [2.24, 2.45) is 5.92 Å². The fourth-order valence-electron chi connectivity index (χ4n) is 4.65. The quantitative estimate of drug-likeness (QED) is 0.789. The number of hydrogen-bond donors (Lipinski definition) is 0. The Labute approximate surface area is 127 Å². The molecule has 3 heteroatoms. The second kappa shape index (κ2) is 5.33. The second-order valence-corrected chi connectivity index (χ2v) is 6.88. The van der Waals surface area contributed by atoms with Crippen molar-refractivity contribution in [3.63, 3.8) is 0 Å². The Kier molecular flexibility index (Phi) is 3.33. The maximum Gasteiger partial charge on any atom is 0.147 e. The van der Waals surface area contributed by atoms with Gasteiger partial charge in [-0.25, -0.2) is 4.98 Å². The van der Waals surface area contributed by atoms with Gasteiger partial charge in [0.1, 0.15) is 11.9 Å². The lowest BCUT2D eigenvalue weighted by Crippen LogP contribution is -2.47. The van der Waals surface area contributed by atoms with Crippen LogP contribution in [0.4, 0.5) is 5.82 Å². The topological polar surface area (TPSA) is 39.9 Å². The van der Waals surface area contributed by atoms with Gasteiger partial charge in [-0.1, -0.05) is 12.8 Å². The number of nitrogens with zero attached hydrogens (tertiary/aromatic N) is 3. The summed E-state index contributed by atoms with van der Waals surface area (Å²) < 4.78 is 0. The minimum Gasteiger partial charge on any atom is -0.352 e. The van der Waals surface area contributed by atoms with Crippen molar-refractivity contribution in [3.05, 3.63) is 22.9 Å². The Bertz CT molecular complexity index is 585. The highest BCUT2D eigenvalue weighted by atomic mass is 15.2. The van der Waals surface area contributed by atoms with E-state index < -0.39 is 0 Å². The molecule has 21 heavy (non-hydrogen) atoms. The largest absolute Gasteiger partial charge is 0.352 e. The summed E-state index contributed by atoms with van der Waals surface area (Å²) in [4.78, 5) is 7.43. The first kappa shape index (κ1) is 13.1. The number of rotatable bonds is 1. The second-order valence-electron chi connectivity index (χ2n) is 6.88. The number of aromatic nitrogens is 1. The molecule has 1 aromatic heterocycles. The zero-order chi connectivity index (χ0) is 14.2. The molecular formula is C18H23N3. The van der Waals surface area contributed by atoms with Gasteiger partial charge in [-0.3, -0.25) is 0 Å². The molecule has 2 fully saturated rings. The molecule has 1 saturated heterocycles. The SMILES string of the molecule is N#Cc1cc2c(nc1N1CCC[C@H]3CCCC[C@H]31)CCC2. The minimum absolute atomic E-state index is 0.631. The van der Waals surface area contributed by atoms with Crippen LogP contribution in [0.25, 0.3) is 0 Å². The molecule has 0 N–H and O–H groups in total. The summed E-state index contributed by atoms with van der Waals surface area (Å²) in [7, 11) is 0. The number of aryl methyl sites for hydroxylation is 2. The maximum atomic E-state index is 9.56. The average Bonchev–Trinajstić information content (AvgIpc) is 3.00. The monoisotopic (exact) mass is 281 g/mol. The van der Waals surface area contributed by atoms with Crippen LogP contribution in [0.3, 0.4) is 0 Å². The van der Waals surface area contributed by atoms with Gasteiger partial charge in [0.25, 0.3) is 0 Å². The van der Waals surface area contributed by atoms with E-state index >= 15 is 0 Å². The molecule has 0 bridgehead atoms. The normalized spacial score (nSPS) is 27.9. The van der Waals surface area contributed by atoms with Gasteiger partial charge in [0.05, 0.1) is 5.56 Å². The van der Waals surface area contributed by atoms with E-state index in [2.05, 4.69) is 17.0 Å². The van der Waals surface area contributed by atoms with Crippen molar-refractivity contribution in [2.45, 2.75) is 63.8 Å². The van der Waals surface area contributed by atoms with Crippen molar-refractivity contribution in [1.82, 2.24) is 4.98 Å². The van der Waals surface area contributed by atoms with Crippen LogP contribution in [-0.4, -0.2) is 17.6 Å². The fraction of sp³-hybridized carbons (Fsp3) is 0.667. The van der Waals surface area contributed by atoms with Gasteiger partial charge < -0.3 is 4.90 Å². The third-order valence-electron chi connectivity index (χ3n) is 5.67. The summed E-state index contributed by atoms with van der Waals surface area (Å²) in [5.41, 5.74) is 3.37. The zero-order valence-corrected chi connectivity index (χ0v) is 12.6. The lowest BCUT2D eigenvalue weighted by molar-refractivity contribution is 0.242. The fourth-order valence-corrected chi connectivity index (χ4v) is 4.65. The molecule has 0 spiro atoms. The Balaban J connectivity index is 1.73. The first-order chi connectivity index (χ1) is 10.4. The molecule has 110 valence electrons. The molecule has 1 aromatic rings. The molecular weight excluding hydrogens is 258 g/mol. The van der Waals surface area contributed by atoms with E-state index in [1.54, 1.807) is 0 Å². The van der Waals surface area contributed by atoms with E-state index in [0.717, 1.165) is 36.7 Å². The van der Waals surface area contributed by atoms with Gasteiger partial charge in [-0.05, 0) is 62.5 Å². The molecule has 1 aliphatic heterocycles. The molecule has 2 heterocycles. The van der Waals surface area contributed by atoms with Crippen LogP contribution in [0.15, 0.2) is 6.07 Å². The Morgan fingerprint density at radius 1 is 1.10 bits per heavy atom. The zero-order valence-electron chi connectivity index (χ0n) is 12.6. The first-order valence-electron chi connectivity index (χ1n) is 8.56. The van der Waals surface area contributed by atoms with E-state index in [1.165, 1.54) is 56.2 Å². The highest BCUT2D eigenvalue weighted by Crippen LogP contribution is 2.39. The third-order valence-corrected chi connectivity index (χ3v) is 5.67. The summed E-state index contributed by atoms with van der Waals surface area (Å²) in [6.45, 7) is 1.08. The molecule has 3 aliphatic rings. The van der Waals surface area contributed by atoms with Crippen LogP contribution in [0.2, 0.25) is 0 Å². The minimum atomic E-state index is 0.631. The van der Waals surface area contributed by atoms with Gasteiger partial charge >= 0.3 is 0 Å². The van der Waals surface area contributed by atoms with Crippen LogP contribution in [-0.2, 0) is 12.8 Å². The van der Waals surface area contributed by atoms with Crippen molar-refractivity contribution < 1.29 is 0 Å². The molecule has 0 unspecified atom stereocenters. The standard InChI is InChI=1S/C18H23N3/c19-12-15-11-14-6-3-8-16(14)20-18(15)21-10-4-7-13-5-1-2-9-17(13)21/h11,13,17H,1-10H2/t13-,17-/m1/s1. The molecule has 0 aromatic carbocycles. The number of nitriles is 1. The number of hydrogen-bond acceptors (Lipinski definition) is 3. The summed E-state index contributed by atoms with van der Waals surface area (Å²) in [5.74, 6) is 1.82. The third kappa shape index (κ3) is 2.21. The molecule has 4 rings (SSSR count). The van der Waals surface area contributed by atoms with E-state index in [9.17, 15) is 5.26 Å². The molecule has 0 amide bonds. The lowest BCUT2D eigenvalue weighted by Gasteiger charge is -2.45. The first-order valence-corrected chi connectivity index (χ1v) is 8.56.